The molecule has 1 heterocycles. The van der Waals surface area contributed by atoms with Crippen molar-refractivity contribution in [2.45, 2.75) is 25.4 Å². The van der Waals surface area contributed by atoms with Gasteiger partial charge in [0.05, 0.1) is 19.3 Å². The molecule has 1 aliphatic heterocycles. The first kappa shape index (κ1) is 20.4. The molecule has 2 N–H and O–H groups in total. The van der Waals surface area contributed by atoms with Gasteiger partial charge in [0, 0.05) is 32.2 Å². The third kappa shape index (κ3) is 6.39. The minimum absolute atomic E-state index is 0.295. The van der Waals surface area contributed by atoms with Gasteiger partial charge in [-0.3, -0.25) is 4.99 Å². The normalized spacial score (nSPS) is 17.0. The van der Waals surface area contributed by atoms with Crippen LogP contribution in [0.5, 0.6) is 5.75 Å². The number of fused-ring (bicyclic) bond motifs is 1. The van der Waals surface area contributed by atoms with E-state index >= 15 is 0 Å². The Hall–Kier alpha value is -2.31. The lowest BCUT2D eigenvalue weighted by molar-refractivity contribution is 0.0168. The molecule has 0 spiro atoms. The lowest BCUT2D eigenvalue weighted by Crippen LogP contribution is -2.40. The highest BCUT2D eigenvalue weighted by Gasteiger charge is 2.14. The van der Waals surface area contributed by atoms with Gasteiger partial charge in [-0.25, -0.2) is 0 Å². The predicted octanol–water partition coefficient (Wildman–Crippen LogP) is 2.97. The molecule has 1 atom stereocenters. The Balaban J connectivity index is 1.28. The Kier molecular flexibility index (Phi) is 8.40. The standard InChI is InChI=1S/C22H31N3O3/c1-23-22(24-12-6-14-26-17-19-9-5-15-27-19)25-13-16-28-21-11-4-8-18-7-2-3-10-20(18)21/h2-4,7-8,10-11,19H,5-6,9,12-17H2,1H3,(H2,23,24,25). The summed E-state index contributed by atoms with van der Waals surface area (Å²) in [5, 5.41) is 8.90. The number of benzene rings is 2. The molecule has 1 fully saturated rings. The van der Waals surface area contributed by atoms with E-state index in [2.05, 4.69) is 33.8 Å². The van der Waals surface area contributed by atoms with E-state index in [4.69, 9.17) is 14.2 Å². The third-order valence-corrected chi connectivity index (χ3v) is 4.71. The van der Waals surface area contributed by atoms with Crippen LogP contribution in [-0.4, -0.2) is 58.6 Å². The van der Waals surface area contributed by atoms with Gasteiger partial charge in [-0.15, -0.1) is 0 Å². The average Bonchev–Trinajstić information content (AvgIpc) is 3.25. The van der Waals surface area contributed by atoms with Crippen LogP contribution in [0.4, 0.5) is 0 Å². The Morgan fingerprint density at radius 1 is 1.11 bits per heavy atom. The number of guanidine groups is 1. The lowest BCUT2D eigenvalue weighted by atomic mass is 10.1. The summed E-state index contributed by atoms with van der Waals surface area (Å²) in [5.74, 6) is 1.69. The minimum Gasteiger partial charge on any atom is -0.491 e. The van der Waals surface area contributed by atoms with Crippen LogP contribution in [0.2, 0.25) is 0 Å². The predicted molar refractivity (Wildman–Crippen MR) is 113 cm³/mol. The fourth-order valence-electron chi connectivity index (χ4n) is 3.24. The Morgan fingerprint density at radius 3 is 2.82 bits per heavy atom. The smallest absolute Gasteiger partial charge is 0.191 e. The second kappa shape index (κ2) is 11.5. The van der Waals surface area contributed by atoms with Crippen molar-refractivity contribution in [2.75, 3.05) is 46.6 Å². The second-order valence-electron chi connectivity index (χ2n) is 6.82. The number of aliphatic imine (C=N–C) groups is 1. The van der Waals surface area contributed by atoms with Gasteiger partial charge in [-0.2, -0.15) is 0 Å². The summed E-state index contributed by atoms with van der Waals surface area (Å²) in [5.41, 5.74) is 0. The molecule has 152 valence electrons. The summed E-state index contributed by atoms with van der Waals surface area (Å²) >= 11 is 0. The van der Waals surface area contributed by atoms with E-state index in [1.165, 1.54) is 5.39 Å². The molecule has 0 amide bonds. The highest BCUT2D eigenvalue weighted by Crippen LogP contribution is 2.24. The molecule has 1 saturated heterocycles. The number of rotatable bonds is 10. The van der Waals surface area contributed by atoms with Crippen LogP contribution in [0.3, 0.4) is 0 Å². The second-order valence-corrected chi connectivity index (χ2v) is 6.82. The summed E-state index contributed by atoms with van der Waals surface area (Å²) in [6, 6.07) is 14.4. The molecular formula is C22H31N3O3. The van der Waals surface area contributed by atoms with Gasteiger partial charge in [-0.1, -0.05) is 36.4 Å². The number of nitrogens with zero attached hydrogens (tertiary/aromatic N) is 1. The summed E-state index contributed by atoms with van der Waals surface area (Å²) in [4.78, 5) is 4.24. The van der Waals surface area contributed by atoms with Crippen molar-refractivity contribution < 1.29 is 14.2 Å². The monoisotopic (exact) mass is 385 g/mol. The number of ether oxygens (including phenoxy) is 3. The van der Waals surface area contributed by atoms with Gasteiger partial charge < -0.3 is 24.8 Å². The Bertz CT molecular complexity index is 739. The molecule has 3 rings (SSSR count). The van der Waals surface area contributed by atoms with Crippen LogP contribution in [0.25, 0.3) is 10.8 Å². The van der Waals surface area contributed by atoms with Gasteiger partial charge >= 0.3 is 0 Å². The zero-order valence-corrected chi connectivity index (χ0v) is 16.7. The van der Waals surface area contributed by atoms with Gasteiger partial charge in [0.1, 0.15) is 12.4 Å². The lowest BCUT2D eigenvalue weighted by Gasteiger charge is -2.14. The molecule has 0 aliphatic carbocycles. The van der Waals surface area contributed by atoms with Crippen LogP contribution < -0.4 is 15.4 Å². The number of hydrogen-bond donors (Lipinski definition) is 2. The molecule has 1 aliphatic rings. The molecule has 6 heteroatoms. The maximum Gasteiger partial charge on any atom is 0.191 e. The van der Waals surface area contributed by atoms with Crippen molar-refractivity contribution in [1.82, 2.24) is 10.6 Å². The minimum atomic E-state index is 0.295. The topological polar surface area (TPSA) is 64.1 Å². The maximum absolute atomic E-state index is 5.94. The van der Waals surface area contributed by atoms with E-state index in [9.17, 15) is 0 Å². The highest BCUT2D eigenvalue weighted by atomic mass is 16.5. The van der Waals surface area contributed by atoms with E-state index in [0.29, 0.717) is 25.9 Å². The fourth-order valence-corrected chi connectivity index (χ4v) is 3.24. The SMILES string of the molecule is CN=C(NCCCOCC1CCCO1)NCCOc1cccc2ccccc12. The summed E-state index contributed by atoms with van der Waals surface area (Å²) in [7, 11) is 1.77. The van der Waals surface area contributed by atoms with E-state index in [0.717, 1.165) is 56.1 Å². The quantitative estimate of drug-likeness (QED) is 0.374. The van der Waals surface area contributed by atoms with Crippen LogP contribution in [-0.2, 0) is 9.47 Å². The third-order valence-electron chi connectivity index (χ3n) is 4.71. The zero-order valence-electron chi connectivity index (χ0n) is 16.7. The van der Waals surface area contributed by atoms with Crippen LogP contribution in [0.1, 0.15) is 19.3 Å². The number of hydrogen-bond acceptors (Lipinski definition) is 4. The largest absolute Gasteiger partial charge is 0.491 e. The molecule has 0 bridgehead atoms. The first-order valence-corrected chi connectivity index (χ1v) is 10.1. The molecule has 6 nitrogen and oxygen atoms in total. The molecule has 28 heavy (non-hydrogen) atoms. The van der Waals surface area contributed by atoms with Crippen molar-refractivity contribution in [1.29, 1.82) is 0 Å². The van der Waals surface area contributed by atoms with Gasteiger partial charge in [-0.05, 0) is 30.7 Å². The maximum atomic E-state index is 5.94. The highest BCUT2D eigenvalue weighted by molar-refractivity contribution is 5.88. The van der Waals surface area contributed by atoms with Gasteiger partial charge in [0.2, 0.25) is 0 Å². The summed E-state index contributed by atoms with van der Waals surface area (Å²) in [6.45, 7) is 4.38. The van der Waals surface area contributed by atoms with Gasteiger partial charge in [0.15, 0.2) is 5.96 Å². The van der Waals surface area contributed by atoms with E-state index in [-0.39, 0.29) is 0 Å². The molecule has 2 aromatic rings. The average molecular weight is 386 g/mol. The van der Waals surface area contributed by atoms with E-state index in [1.54, 1.807) is 7.05 Å². The number of nitrogens with one attached hydrogen (secondary N) is 2. The Morgan fingerprint density at radius 2 is 1.96 bits per heavy atom. The van der Waals surface area contributed by atoms with E-state index < -0.39 is 0 Å². The van der Waals surface area contributed by atoms with Crippen LogP contribution in [0, 0.1) is 0 Å². The van der Waals surface area contributed by atoms with Crippen LogP contribution in [0.15, 0.2) is 47.5 Å². The van der Waals surface area contributed by atoms with Crippen molar-refractivity contribution in [2.24, 2.45) is 4.99 Å². The van der Waals surface area contributed by atoms with Crippen molar-refractivity contribution in [3.05, 3.63) is 42.5 Å². The van der Waals surface area contributed by atoms with Crippen molar-refractivity contribution >= 4 is 16.7 Å². The molecule has 2 aromatic carbocycles. The van der Waals surface area contributed by atoms with Crippen molar-refractivity contribution in [3.8, 4) is 5.75 Å². The van der Waals surface area contributed by atoms with Gasteiger partial charge in [0.25, 0.3) is 0 Å². The first-order chi connectivity index (χ1) is 13.9. The fraction of sp³-hybridized carbons (Fsp3) is 0.500. The molecule has 0 aromatic heterocycles. The van der Waals surface area contributed by atoms with Crippen LogP contribution >= 0.6 is 0 Å². The molecule has 0 radical (unpaired) electrons. The van der Waals surface area contributed by atoms with Crippen molar-refractivity contribution in [3.63, 3.8) is 0 Å². The summed E-state index contributed by atoms with van der Waals surface area (Å²) in [6.07, 6.45) is 3.50. The molecule has 1 unspecified atom stereocenters. The summed E-state index contributed by atoms with van der Waals surface area (Å²) < 4.78 is 17.2. The van der Waals surface area contributed by atoms with E-state index in [1.807, 2.05) is 24.3 Å². The Labute approximate surface area is 167 Å². The molecule has 0 saturated carbocycles. The molecular weight excluding hydrogens is 354 g/mol. The zero-order chi connectivity index (χ0) is 19.4. The first-order valence-electron chi connectivity index (χ1n) is 10.1.